The monoisotopic (exact) mass is 278 g/mol. The fourth-order valence-electron chi connectivity index (χ4n) is 1.57. The van der Waals surface area contributed by atoms with E-state index >= 15 is 0 Å². The van der Waals surface area contributed by atoms with E-state index in [1.54, 1.807) is 31.2 Å². The lowest BCUT2D eigenvalue weighted by molar-refractivity contribution is 0.576. The van der Waals surface area contributed by atoms with Crippen LogP contribution in [0.15, 0.2) is 70.5 Å². The van der Waals surface area contributed by atoms with Crippen LogP contribution in [0.2, 0.25) is 0 Å². The molecule has 4 heteroatoms. The minimum absolute atomic E-state index is 0.421. The molecule has 2 rings (SSSR count). The number of rotatable bonds is 4. The van der Waals surface area contributed by atoms with Crippen molar-refractivity contribution in [3.8, 4) is 0 Å². The Morgan fingerprint density at radius 1 is 0.722 bits per heavy atom. The lowest BCUT2D eigenvalue weighted by Crippen LogP contribution is -2.27. The third-order valence-electron chi connectivity index (χ3n) is 2.55. The van der Waals surface area contributed by atoms with Gasteiger partial charge >= 0.3 is 0 Å². The molecule has 0 bridgehead atoms. The van der Waals surface area contributed by atoms with Gasteiger partial charge in [0.05, 0.1) is 0 Å². The van der Waals surface area contributed by atoms with Crippen molar-refractivity contribution in [3.63, 3.8) is 0 Å². The maximum Gasteiger partial charge on any atom is 0.269 e. The number of benzene rings is 2. The molecule has 18 heavy (non-hydrogen) atoms. The molecule has 94 valence electrons. The Morgan fingerprint density at radius 3 is 1.39 bits per heavy atom. The van der Waals surface area contributed by atoms with Gasteiger partial charge in [-0.05, 0) is 24.3 Å². The van der Waals surface area contributed by atoms with Crippen LogP contribution in [0.4, 0.5) is 0 Å². The summed E-state index contributed by atoms with van der Waals surface area (Å²) in [5, 5.41) is 0. The normalized spacial score (nSPS) is 15.9. The predicted molar refractivity (Wildman–Crippen MR) is 75.2 cm³/mol. The quantitative estimate of drug-likeness (QED) is 0.807. The molecule has 2 atom stereocenters. The van der Waals surface area contributed by atoms with Gasteiger partial charge < -0.3 is 9.11 Å². The second-order valence-electron chi connectivity index (χ2n) is 3.79. The molecule has 0 spiro atoms. The minimum atomic E-state index is -1.26. The Morgan fingerprint density at radius 2 is 1.06 bits per heavy atom. The van der Waals surface area contributed by atoms with Gasteiger partial charge in [0.2, 0.25) is 0 Å². The highest BCUT2D eigenvalue weighted by atomic mass is 32.3. The van der Waals surface area contributed by atoms with Crippen molar-refractivity contribution < 1.29 is 9.11 Å². The molecule has 0 aliphatic carbocycles. The van der Waals surface area contributed by atoms with Crippen LogP contribution in [0.1, 0.15) is 6.92 Å². The van der Waals surface area contributed by atoms with E-state index in [9.17, 15) is 9.11 Å². The second-order valence-corrected chi connectivity index (χ2v) is 7.63. The van der Waals surface area contributed by atoms with E-state index in [0.717, 1.165) is 0 Å². The van der Waals surface area contributed by atoms with Gasteiger partial charge in [0.15, 0.2) is 9.79 Å². The number of hydrogen-bond donors (Lipinski definition) is 0. The zero-order valence-electron chi connectivity index (χ0n) is 9.98. The molecule has 0 saturated carbocycles. The maximum absolute atomic E-state index is 12.3. The van der Waals surface area contributed by atoms with Crippen LogP contribution in [0, 0.1) is 0 Å². The fraction of sp³-hybridized carbons (Fsp3) is 0.143. The van der Waals surface area contributed by atoms with Gasteiger partial charge in [-0.15, -0.1) is 0 Å². The van der Waals surface area contributed by atoms with Crippen LogP contribution in [0.3, 0.4) is 0 Å². The van der Waals surface area contributed by atoms with Gasteiger partial charge in [0, 0.05) is 29.3 Å². The SMILES string of the molecule is CC([S+]([O-])c1ccccc1)[S+]([O-])c1ccccc1. The zero-order chi connectivity index (χ0) is 13.0. The van der Waals surface area contributed by atoms with Crippen molar-refractivity contribution >= 4 is 22.4 Å². The van der Waals surface area contributed by atoms with Crippen LogP contribution in [-0.4, -0.2) is 13.7 Å². The van der Waals surface area contributed by atoms with Gasteiger partial charge in [-0.25, -0.2) is 0 Å². The van der Waals surface area contributed by atoms with Crippen LogP contribution in [0.5, 0.6) is 0 Å². The Hall–Kier alpha value is -0.940. The Balaban J connectivity index is 2.14. The van der Waals surface area contributed by atoms with E-state index in [1.165, 1.54) is 0 Å². The van der Waals surface area contributed by atoms with Crippen molar-refractivity contribution in [2.45, 2.75) is 21.3 Å². The molecular weight excluding hydrogens is 264 g/mol. The fourth-order valence-corrected chi connectivity index (χ4v) is 4.49. The molecule has 0 radical (unpaired) electrons. The maximum atomic E-state index is 12.3. The van der Waals surface area contributed by atoms with Crippen molar-refractivity contribution in [1.29, 1.82) is 0 Å². The van der Waals surface area contributed by atoms with E-state index in [1.807, 2.05) is 36.4 Å². The van der Waals surface area contributed by atoms with Crippen molar-refractivity contribution in [3.05, 3.63) is 60.7 Å². The van der Waals surface area contributed by atoms with Crippen molar-refractivity contribution in [1.82, 2.24) is 0 Å². The van der Waals surface area contributed by atoms with Gasteiger partial charge in [-0.3, -0.25) is 0 Å². The van der Waals surface area contributed by atoms with Crippen LogP contribution < -0.4 is 0 Å². The smallest absolute Gasteiger partial charge is 0.269 e. The first kappa shape index (κ1) is 13.5. The molecule has 0 heterocycles. The first-order valence-corrected chi connectivity index (χ1v) is 8.04. The van der Waals surface area contributed by atoms with E-state index in [-0.39, 0.29) is 0 Å². The van der Waals surface area contributed by atoms with Crippen LogP contribution >= 0.6 is 0 Å². The lowest BCUT2D eigenvalue weighted by atomic mass is 10.4. The molecule has 2 nitrogen and oxygen atoms in total. The summed E-state index contributed by atoms with van der Waals surface area (Å²) in [6.45, 7) is 1.76. The summed E-state index contributed by atoms with van der Waals surface area (Å²) in [5.74, 6) is 0. The molecule has 0 aromatic heterocycles. The van der Waals surface area contributed by atoms with Gasteiger partial charge in [-0.2, -0.15) is 0 Å². The first-order chi connectivity index (χ1) is 8.70. The first-order valence-electron chi connectivity index (χ1n) is 5.61. The largest absolute Gasteiger partial charge is 0.608 e. The molecule has 2 aromatic rings. The summed E-state index contributed by atoms with van der Waals surface area (Å²) < 4.78 is 24.1. The molecule has 0 aliphatic rings. The average molecular weight is 278 g/mol. The third kappa shape index (κ3) is 3.09. The Labute approximate surface area is 113 Å². The van der Waals surface area contributed by atoms with Gasteiger partial charge in [0.1, 0.15) is 0 Å². The van der Waals surface area contributed by atoms with E-state index in [2.05, 4.69) is 0 Å². The molecule has 0 saturated heterocycles. The molecule has 2 unspecified atom stereocenters. The van der Waals surface area contributed by atoms with Crippen molar-refractivity contribution in [2.75, 3.05) is 0 Å². The Bertz CT molecular complexity index is 430. The van der Waals surface area contributed by atoms with E-state index in [0.29, 0.717) is 9.79 Å². The molecular formula is C14H14O2S2. The lowest BCUT2D eigenvalue weighted by Gasteiger charge is -2.20. The van der Waals surface area contributed by atoms with E-state index < -0.39 is 26.9 Å². The molecule has 0 N–H and O–H groups in total. The van der Waals surface area contributed by atoms with E-state index in [4.69, 9.17) is 0 Å². The summed E-state index contributed by atoms with van der Waals surface area (Å²) >= 11 is -2.52. The van der Waals surface area contributed by atoms with Gasteiger partial charge in [-0.1, -0.05) is 36.4 Å². The molecule has 2 aromatic carbocycles. The predicted octanol–water partition coefficient (Wildman–Crippen LogP) is 2.95. The highest BCUT2D eigenvalue weighted by Gasteiger charge is 2.32. The van der Waals surface area contributed by atoms with Crippen LogP contribution in [-0.2, 0) is 22.4 Å². The summed E-state index contributed by atoms with van der Waals surface area (Å²) in [7, 11) is 0. The topological polar surface area (TPSA) is 46.1 Å². The zero-order valence-corrected chi connectivity index (χ0v) is 11.6. The molecule has 0 aliphatic heterocycles. The van der Waals surface area contributed by atoms with Crippen LogP contribution in [0.25, 0.3) is 0 Å². The summed E-state index contributed by atoms with van der Waals surface area (Å²) in [5.41, 5.74) is 0. The highest BCUT2D eigenvalue weighted by molar-refractivity contribution is 8.09. The third-order valence-corrected chi connectivity index (χ3v) is 6.28. The summed E-state index contributed by atoms with van der Waals surface area (Å²) in [4.78, 5) is 1.43. The number of hydrogen-bond acceptors (Lipinski definition) is 2. The highest BCUT2D eigenvalue weighted by Crippen LogP contribution is 2.24. The van der Waals surface area contributed by atoms with Crippen molar-refractivity contribution in [2.24, 2.45) is 0 Å². The summed E-state index contributed by atoms with van der Waals surface area (Å²) in [6.07, 6.45) is 0. The Kier molecular flexibility index (Phi) is 4.72. The minimum Gasteiger partial charge on any atom is -0.608 e. The average Bonchev–Trinajstić information content (AvgIpc) is 2.47. The van der Waals surface area contributed by atoms with Gasteiger partial charge in [0.25, 0.3) is 4.58 Å². The second kappa shape index (κ2) is 6.29. The standard InChI is InChI=1S/C14H14O2S2/c1-12(17(15)13-8-4-2-5-9-13)18(16)14-10-6-3-7-11-14/h2-12H,1H3. The molecule has 0 fully saturated rings. The molecule has 0 amide bonds. The summed E-state index contributed by atoms with van der Waals surface area (Å²) in [6, 6.07) is 18.3.